The van der Waals surface area contributed by atoms with Crippen LogP contribution in [0.3, 0.4) is 0 Å². The predicted octanol–water partition coefficient (Wildman–Crippen LogP) is 4.96. The number of amides is 1. The summed E-state index contributed by atoms with van der Waals surface area (Å²) < 4.78 is 24.6. The van der Waals surface area contributed by atoms with Crippen LogP contribution in [0.4, 0.5) is 9.52 Å². The number of fused-ring (bicyclic) bond motifs is 2. The number of nitrogens with zero attached hydrogens (tertiary/aromatic N) is 2. The molecule has 1 aliphatic rings. The Morgan fingerprint density at radius 2 is 1.94 bits per heavy atom. The first-order valence-electron chi connectivity index (χ1n) is 10.1. The first-order chi connectivity index (χ1) is 16.3. The molecule has 1 aliphatic heterocycles. The Balaban J connectivity index is 1.77. The quantitative estimate of drug-likeness (QED) is 0.292. The van der Waals surface area contributed by atoms with Gasteiger partial charge in [-0.1, -0.05) is 23.5 Å². The van der Waals surface area contributed by atoms with E-state index < -0.39 is 29.2 Å². The summed E-state index contributed by atoms with van der Waals surface area (Å²) >= 11 is 2.55. The van der Waals surface area contributed by atoms with Crippen LogP contribution in [0.15, 0.2) is 56.6 Å². The zero-order valence-corrected chi connectivity index (χ0v) is 19.9. The highest BCUT2D eigenvalue weighted by Gasteiger charge is 2.45. The average Bonchev–Trinajstić information content (AvgIpc) is 3.36. The minimum atomic E-state index is -0.863. The number of aromatic nitrogens is 1. The van der Waals surface area contributed by atoms with Gasteiger partial charge in [0.25, 0.3) is 5.91 Å². The fourth-order valence-corrected chi connectivity index (χ4v) is 5.43. The van der Waals surface area contributed by atoms with Crippen molar-refractivity contribution in [2.24, 2.45) is 0 Å². The molecule has 0 fully saturated rings. The second-order valence-electron chi connectivity index (χ2n) is 7.57. The van der Waals surface area contributed by atoms with Crippen LogP contribution < -0.4 is 10.3 Å². The van der Waals surface area contributed by atoms with E-state index >= 15 is 0 Å². The van der Waals surface area contributed by atoms with Crippen LogP contribution in [0.5, 0.6) is 0 Å². The third-order valence-corrected chi connectivity index (χ3v) is 7.51. The lowest BCUT2D eigenvalue weighted by Gasteiger charge is -2.22. The molecule has 34 heavy (non-hydrogen) atoms. The molecule has 0 spiro atoms. The molecular weight excluding hydrogens is 479 g/mol. The SMILES string of the molecule is COC(=O)c1sc(N2C(=O)c3oc4ccc(F)cc4c(=O)c3C2c2ccc(SC)cc2)nc1C. The smallest absolute Gasteiger partial charge is 0.350 e. The number of methoxy groups -OCH3 is 1. The molecule has 0 aliphatic carbocycles. The molecule has 10 heteroatoms. The fourth-order valence-electron chi connectivity index (χ4n) is 4.01. The summed E-state index contributed by atoms with van der Waals surface area (Å²) in [5.41, 5.74) is 0.779. The molecule has 7 nitrogen and oxygen atoms in total. The predicted molar refractivity (Wildman–Crippen MR) is 128 cm³/mol. The number of halogens is 1. The lowest BCUT2D eigenvalue weighted by Crippen LogP contribution is -2.29. The average molecular weight is 497 g/mol. The van der Waals surface area contributed by atoms with Gasteiger partial charge in [0.1, 0.15) is 16.3 Å². The molecule has 0 bridgehead atoms. The topological polar surface area (TPSA) is 89.7 Å². The Morgan fingerprint density at radius 1 is 1.21 bits per heavy atom. The van der Waals surface area contributed by atoms with Gasteiger partial charge in [0.15, 0.2) is 10.6 Å². The van der Waals surface area contributed by atoms with Crippen LogP contribution in [0.2, 0.25) is 0 Å². The van der Waals surface area contributed by atoms with Crippen molar-refractivity contribution >= 4 is 51.1 Å². The van der Waals surface area contributed by atoms with Crippen molar-refractivity contribution in [2.45, 2.75) is 17.9 Å². The Morgan fingerprint density at radius 3 is 2.62 bits per heavy atom. The van der Waals surface area contributed by atoms with Gasteiger partial charge in [-0.15, -0.1) is 11.8 Å². The maximum Gasteiger partial charge on any atom is 0.350 e. The summed E-state index contributed by atoms with van der Waals surface area (Å²) in [6, 6.07) is 10.1. The lowest BCUT2D eigenvalue weighted by molar-refractivity contribution is 0.0605. The maximum atomic E-state index is 13.9. The third-order valence-electron chi connectivity index (χ3n) is 5.63. The van der Waals surface area contributed by atoms with Crippen LogP contribution >= 0.6 is 23.1 Å². The zero-order valence-electron chi connectivity index (χ0n) is 18.2. The van der Waals surface area contributed by atoms with Crippen molar-refractivity contribution < 1.29 is 23.1 Å². The zero-order chi connectivity index (χ0) is 24.1. The molecule has 1 amide bonds. The summed E-state index contributed by atoms with van der Waals surface area (Å²) in [4.78, 5) is 46.3. The summed E-state index contributed by atoms with van der Waals surface area (Å²) in [6.45, 7) is 1.64. The Kier molecular flexibility index (Phi) is 5.49. The van der Waals surface area contributed by atoms with E-state index in [4.69, 9.17) is 9.15 Å². The molecule has 0 radical (unpaired) electrons. The van der Waals surface area contributed by atoms with E-state index in [0.717, 1.165) is 22.3 Å². The van der Waals surface area contributed by atoms with Crippen LogP contribution in [-0.2, 0) is 4.74 Å². The number of benzene rings is 2. The standard InChI is InChI=1S/C24H17FN2O5S2/c1-11-21(23(30)31-2)34-24(26-11)27-18(12-4-7-14(33-3)8-5-12)17-19(28)15-10-13(25)6-9-16(15)32-20(17)22(27)29/h4-10,18H,1-3H3. The number of thioether (sulfide) groups is 1. The Hall–Kier alpha value is -3.50. The maximum absolute atomic E-state index is 13.9. The minimum Gasteiger partial charge on any atom is -0.465 e. The number of ether oxygens (including phenoxy) is 1. The monoisotopic (exact) mass is 496 g/mol. The Bertz CT molecular complexity index is 1530. The molecule has 1 atom stereocenters. The number of hydrogen-bond donors (Lipinski definition) is 0. The van der Waals surface area contributed by atoms with Gasteiger partial charge < -0.3 is 9.15 Å². The molecular formula is C24H17FN2O5S2. The molecule has 2 aromatic carbocycles. The first kappa shape index (κ1) is 22.3. The normalized spacial score (nSPS) is 15.1. The number of carbonyl (C=O) groups is 2. The van der Waals surface area contributed by atoms with Gasteiger partial charge in [-0.05, 0) is 49.1 Å². The summed E-state index contributed by atoms with van der Waals surface area (Å²) in [6.07, 6.45) is 1.94. The number of anilines is 1. The highest BCUT2D eigenvalue weighted by atomic mass is 32.2. The van der Waals surface area contributed by atoms with Crippen molar-refractivity contribution in [3.8, 4) is 0 Å². The molecule has 172 valence electrons. The minimum absolute atomic E-state index is 0.0460. The van der Waals surface area contributed by atoms with Crippen molar-refractivity contribution in [2.75, 3.05) is 18.3 Å². The fraction of sp³-hybridized carbons (Fsp3) is 0.167. The van der Waals surface area contributed by atoms with Gasteiger partial charge in [0, 0.05) is 4.90 Å². The van der Waals surface area contributed by atoms with Crippen molar-refractivity contribution in [3.05, 3.63) is 86.0 Å². The van der Waals surface area contributed by atoms with Gasteiger partial charge in [0.2, 0.25) is 5.76 Å². The second kappa shape index (κ2) is 8.37. The first-order valence-corrected chi connectivity index (χ1v) is 12.2. The van der Waals surface area contributed by atoms with Gasteiger partial charge >= 0.3 is 5.97 Å². The van der Waals surface area contributed by atoms with Crippen molar-refractivity contribution in [3.63, 3.8) is 0 Å². The van der Waals surface area contributed by atoms with E-state index in [1.54, 1.807) is 18.7 Å². The van der Waals surface area contributed by atoms with E-state index in [1.165, 1.54) is 24.1 Å². The molecule has 0 N–H and O–H groups in total. The molecule has 5 rings (SSSR count). The van der Waals surface area contributed by atoms with Crippen LogP contribution in [-0.4, -0.2) is 30.2 Å². The van der Waals surface area contributed by atoms with Gasteiger partial charge in [-0.3, -0.25) is 14.5 Å². The van der Waals surface area contributed by atoms with Gasteiger partial charge in [0.05, 0.1) is 29.8 Å². The highest BCUT2D eigenvalue weighted by molar-refractivity contribution is 7.98. The molecule has 4 aromatic rings. The lowest BCUT2D eigenvalue weighted by atomic mass is 9.99. The van der Waals surface area contributed by atoms with Crippen LogP contribution in [0.1, 0.15) is 43.1 Å². The number of thiazole rings is 1. The van der Waals surface area contributed by atoms with Crippen LogP contribution in [0.25, 0.3) is 11.0 Å². The van der Waals surface area contributed by atoms with E-state index in [9.17, 15) is 18.8 Å². The number of hydrogen-bond acceptors (Lipinski definition) is 8. The largest absolute Gasteiger partial charge is 0.465 e. The third kappa shape index (κ3) is 3.41. The molecule has 0 saturated heterocycles. The summed E-state index contributed by atoms with van der Waals surface area (Å²) in [7, 11) is 1.27. The van der Waals surface area contributed by atoms with E-state index in [1.807, 2.05) is 30.5 Å². The van der Waals surface area contributed by atoms with Crippen molar-refractivity contribution in [1.82, 2.24) is 4.98 Å². The van der Waals surface area contributed by atoms with E-state index in [2.05, 4.69) is 4.98 Å². The van der Waals surface area contributed by atoms with Gasteiger partial charge in [-0.25, -0.2) is 14.2 Å². The second-order valence-corrected chi connectivity index (χ2v) is 9.43. The number of aryl methyl sites for hydroxylation is 1. The summed E-state index contributed by atoms with van der Waals surface area (Å²) in [5.74, 6) is -1.85. The summed E-state index contributed by atoms with van der Waals surface area (Å²) in [5, 5.41) is 0.271. The van der Waals surface area contributed by atoms with Crippen LogP contribution in [0, 0.1) is 12.7 Å². The molecule has 3 heterocycles. The number of esters is 1. The molecule has 1 unspecified atom stereocenters. The van der Waals surface area contributed by atoms with E-state index in [0.29, 0.717) is 11.3 Å². The number of carbonyl (C=O) groups excluding carboxylic acids is 2. The highest BCUT2D eigenvalue weighted by Crippen LogP contribution is 2.43. The Labute approximate surface area is 201 Å². The van der Waals surface area contributed by atoms with Crippen molar-refractivity contribution in [1.29, 1.82) is 0 Å². The van der Waals surface area contributed by atoms with E-state index in [-0.39, 0.29) is 32.3 Å². The number of rotatable bonds is 4. The van der Waals surface area contributed by atoms with Gasteiger partial charge in [-0.2, -0.15) is 0 Å². The molecule has 0 saturated carbocycles. The molecule has 2 aromatic heterocycles.